The number of aliphatic carboxylic acids is 1. The molecule has 242 valence electrons. The summed E-state index contributed by atoms with van der Waals surface area (Å²) in [5.41, 5.74) is -0.597. The number of halogens is 6. The van der Waals surface area contributed by atoms with Crippen LogP contribution in [-0.2, 0) is 22.3 Å². The minimum atomic E-state index is -5.08. The molecule has 12 nitrogen and oxygen atoms in total. The van der Waals surface area contributed by atoms with Crippen LogP contribution in [0.2, 0.25) is 0 Å². The first-order valence-electron chi connectivity index (χ1n) is 13.0. The van der Waals surface area contributed by atoms with Crippen LogP contribution in [0.25, 0.3) is 34.3 Å². The van der Waals surface area contributed by atoms with Gasteiger partial charge in [-0.1, -0.05) is 64.9 Å². The summed E-state index contributed by atoms with van der Waals surface area (Å²) in [6, 6.07) is 13.8. The van der Waals surface area contributed by atoms with E-state index in [0.717, 1.165) is 0 Å². The molecule has 1 amide bonds. The van der Waals surface area contributed by atoms with E-state index in [2.05, 4.69) is 25.6 Å². The lowest BCUT2D eigenvalue weighted by Gasteiger charge is -2.12. The minimum absolute atomic E-state index is 0.0132. The third-order valence-corrected chi connectivity index (χ3v) is 6.07. The number of carboxylic acid groups (broad SMARTS) is 1. The molecule has 0 aliphatic heterocycles. The van der Waals surface area contributed by atoms with Crippen molar-refractivity contribution in [2.24, 2.45) is 0 Å². The highest BCUT2D eigenvalue weighted by atomic mass is 19.4. The summed E-state index contributed by atoms with van der Waals surface area (Å²) in [6.45, 7) is 1.04. The molecule has 0 radical (unpaired) electrons. The van der Waals surface area contributed by atoms with Crippen molar-refractivity contribution in [1.82, 2.24) is 30.2 Å². The minimum Gasteiger partial charge on any atom is -0.475 e. The molecule has 3 heterocycles. The summed E-state index contributed by atoms with van der Waals surface area (Å²) in [5.74, 6) is -4.52. The van der Waals surface area contributed by atoms with Crippen LogP contribution in [-0.4, -0.2) is 59.7 Å². The SMILES string of the molecule is O=C(NCCCn1ccnc1)C(O)c1ccc(-c2noc(-c3onc(-c4ccccc4)c3C(F)(F)F)n2)cc1.O=C(O)C(F)(F)F. The average molecular weight is 653 g/mol. The van der Waals surface area contributed by atoms with E-state index < -0.39 is 53.2 Å². The number of carboxylic acids is 1. The van der Waals surface area contributed by atoms with Gasteiger partial charge in [-0.3, -0.25) is 4.79 Å². The fraction of sp³-hybridized carbons (Fsp3) is 0.214. The Morgan fingerprint density at radius 3 is 2.20 bits per heavy atom. The van der Waals surface area contributed by atoms with Crippen molar-refractivity contribution in [2.45, 2.75) is 31.4 Å². The highest BCUT2D eigenvalue weighted by molar-refractivity contribution is 5.82. The second kappa shape index (κ2) is 14.1. The number of carbonyl (C=O) groups is 2. The number of aliphatic hydroxyl groups excluding tert-OH is 1. The van der Waals surface area contributed by atoms with E-state index in [0.29, 0.717) is 30.6 Å². The molecular weight excluding hydrogens is 630 g/mol. The molecule has 18 heteroatoms. The topological polar surface area (TPSA) is 169 Å². The molecule has 1 unspecified atom stereocenters. The number of hydrogen-bond acceptors (Lipinski definition) is 9. The van der Waals surface area contributed by atoms with Gasteiger partial charge in [0, 0.05) is 36.6 Å². The zero-order valence-corrected chi connectivity index (χ0v) is 23.2. The number of aliphatic hydroxyl groups is 1. The second-order valence-electron chi connectivity index (χ2n) is 9.29. The smallest absolute Gasteiger partial charge is 0.475 e. The van der Waals surface area contributed by atoms with Crippen molar-refractivity contribution in [3.63, 3.8) is 0 Å². The molecule has 0 aliphatic rings. The van der Waals surface area contributed by atoms with Gasteiger partial charge in [-0.15, -0.1) is 0 Å². The summed E-state index contributed by atoms with van der Waals surface area (Å²) in [5, 5.41) is 27.5. The first kappa shape index (κ1) is 33.4. The van der Waals surface area contributed by atoms with Crippen molar-refractivity contribution < 1.29 is 55.2 Å². The van der Waals surface area contributed by atoms with Gasteiger partial charge in [0.25, 0.3) is 11.8 Å². The molecule has 0 fully saturated rings. The van der Waals surface area contributed by atoms with E-state index in [1.54, 1.807) is 30.7 Å². The fourth-order valence-corrected chi connectivity index (χ4v) is 3.88. The molecule has 3 N–H and O–H groups in total. The van der Waals surface area contributed by atoms with Gasteiger partial charge in [0.15, 0.2) is 6.10 Å². The number of aryl methyl sites for hydroxylation is 1. The predicted molar refractivity (Wildman–Crippen MR) is 144 cm³/mol. The van der Waals surface area contributed by atoms with Gasteiger partial charge in [-0.05, 0) is 12.0 Å². The van der Waals surface area contributed by atoms with E-state index in [9.17, 15) is 36.2 Å². The van der Waals surface area contributed by atoms with Crippen LogP contribution < -0.4 is 5.32 Å². The van der Waals surface area contributed by atoms with Crippen LogP contribution in [0, 0.1) is 0 Å². The summed E-state index contributed by atoms with van der Waals surface area (Å²) >= 11 is 0. The van der Waals surface area contributed by atoms with Gasteiger partial charge in [-0.25, -0.2) is 9.78 Å². The molecular formula is C28H22F6N6O6. The Morgan fingerprint density at radius 2 is 1.61 bits per heavy atom. The number of carbonyl (C=O) groups excluding carboxylic acids is 1. The summed E-state index contributed by atoms with van der Waals surface area (Å²) < 4.78 is 85.5. The zero-order valence-electron chi connectivity index (χ0n) is 23.2. The second-order valence-corrected chi connectivity index (χ2v) is 9.29. The molecule has 46 heavy (non-hydrogen) atoms. The fourth-order valence-electron chi connectivity index (χ4n) is 3.88. The monoisotopic (exact) mass is 652 g/mol. The van der Waals surface area contributed by atoms with E-state index in [4.69, 9.17) is 18.9 Å². The van der Waals surface area contributed by atoms with Gasteiger partial charge in [-0.2, -0.15) is 31.3 Å². The van der Waals surface area contributed by atoms with E-state index in [1.165, 1.54) is 36.4 Å². The summed E-state index contributed by atoms with van der Waals surface area (Å²) in [4.78, 5) is 29.2. The van der Waals surface area contributed by atoms with Gasteiger partial charge >= 0.3 is 18.3 Å². The number of rotatable bonds is 9. The van der Waals surface area contributed by atoms with E-state index in [-0.39, 0.29) is 11.4 Å². The number of hydrogen-bond donors (Lipinski definition) is 3. The number of aromatic nitrogens is 5. The molecule has 1 atom stereocenters. The third kappa shape index (κ3) is 8.35. The van der Waals surface area contributed by atoms with Crippen molar-refractivity contribution in [2.75, 3.05) is 6.54 Å². The lowest BCUT2D eigenvalue weighted by Crippen LogP contribution is -2.30. The highest BCUT2D eigenvalue weighted by Crippen LogP contribution is 2.43. The van der Waals surface area contributed by atoms with Crippen LogP contribution in [0.4, 0.5) is 26.3 Å². The maximum absolute atomic E-state index is 13.9. The number of nitrogens with zero attached hydrogens (tertiary/aromatic N) is 5. The first-order chi connectivity index (χ1) is 21.8. The summed E-state index contributed by atoms with van der Waals surface area (Å²) in [6.07, 6.45) is -5.49. The molecule has 5 rings (SSSR count). The third-order valence-electron chi connectivity index (χ3n) is 6.07. The largest absolute Gasteiger partial charge is 0.490 e. The molecule has 5 aromatic rings. The van der Waals surface area contributed by atoms with Gasteiger partial charge in [0.1, 0.15) is 11.3 Å². The van der Waals surface area contributed by atoms with Crippen LogP contribution in [0.15, 0.2) is 82.4 Å². The summed E-state index contributed by atoms with van der Waals surface area (Å²) in [7, 11) is 0. The van der Waals surface area contributed by atoms with Gasteiger partial charge in [0.2, 0.25) is 11.6 Å². The van der Waals surface area contributed by atoms with Gasteiger partial charge < -0.3 is 29.1 Å². The van der Waals surface area contributed by atoms with Crippen LogP contribution in [0.5, 0.6) is 0 Å². The van der Waals surface area contributed by atoms with Crippen molar-refractivity contribution in [1.29, 1.82) is 0 Å². The molecule has 0 saturated carbocycles. The number of imidazole rings is 1. The zero-order chi connectivity index (χ0) is 33.5. The molecule has 2 aromatic carbocycles. The standard InChI is InChI=1S/C26H21F3N6O4.C2HF3O2/c27-26(28,29)19-20(16-5-2-1-3-6-16)33-38-22(19)25-32-23(34-39-25)18-9-7-17(8-10-18)21(36)24(37)31-11-4-13-35-14-12-30-15-35;3-2(4,5)1(6)7/h1-3,5-10,12,14-15,21,36H,4,11,13H2,(H,31,37);(H,6,7). The Hall–Kier alpha value is -5.52. The van der Waals surface area contributed by atoms with Crippen LogP contribution >= 0.6 is 0 Å². The lowest BCUT2D eigenvalue weighted by atomic mass is 10.1. The molecule has 3 aromatic heterocycles. The highest BCUT2D eigenvalue weighted by Gasteiger charge is 2.43. The first-order valence-corrected chi connectivity index (χ1v) is 13.0. The molecule has 0 aliphatic carbocycles. The van der Waals surface area contributed by atoms with E-state index >= 15 is 0 Å². The lowest BCUT2D eigenvalue weighted by molar-refractivity contribution is -0.192. The number of nitrogens with one attached hydrogen (secondary N) is 1. The quantitative estimate of drug-likeness (QED) is 0.143. The average Bonchev–Trinajstić information content (AvgIpc) is 3.80. The normalized spacial score (nSPS) is 12.2. The van der Waals surface area contributed by atoms with Crippen molar-refractivity contribution in [3.05, 3.63) is 84.4 Å². The van der Waals surface area contributed by atoms with Crippen molar-refractivity contribution in [3.8, 4) is 34.3 Å². The Kier molecular flexibility index (Phi) is 10.2. The Morgan fingerprint density at radius 1 is 0.935 bits per heavy atom. The van der Waals surface area contributed by atoms with Crippen molar-refractivity contribution >= 4 is 11.9 Å². The Balaban J connectivity index is 0.000000617. The number of alkyl halides is 6. The molecule has 0 saturated heterocycles. The molecule has 0 bridgehead atoms. The Bertz CT molecular complexity index is 1740. The number of benzene rings is 2. The Labute approximate surface area is 254 Å². The van der Waals surface area contributed by atoms with Gasteiger partial charge in [0.05, 0.1) is 6.33 Å². The molecule has 0 spiro atoms. The predicted octanol–water partition coefficient (Wildman–Crippen LogP) is 5.15. The van der Waals surface area contributed by atoms with Crippen LogP contribution in [0.1, 0.15) is 23.7 Å². The maximum Gasteiger partial charge on any atom is 0.490 e. The number of amides is 1. The maximum atomic E-state index is 13.9. The van der Waals surface area contributed by atoms with Crippen LogP contribution in [0.3, 0.4) is 0 Å². The van der Waals surface area contributed by atoms with E-state index in [1.807, 2.05) is 10.8 Å².